The zero-order valence-electron chi connectivity index (χ0n) is 23.8. The molecule has 0 radical (unpaired) electrons. The summed E-state index contributed by atoms with van der Waals surface area (Å²) in [6.45, 7) is 3.35. The van der Waals surface area contributed by atoms with Gasteiger partial charge in [-0.1, -0.05) is 0 Å². The van der Waals surface area contributed by atoms with E-state index in [0.29, 0.717) is 6.42 Å². The number of ketones is 3. The predicted molar refractivity (Wildman–Crippen MR) is 148 cm³/mol. The molecule has 0 aliphatic carbocycles. The Morgan fingerprint density at radius 2 is 1.49 bits per heavy atom. The molecule has 1 amide bonds. The zero-order valence-corrected chi connectivity index (χ0v) is 24.7. The van der Waals surface area contributed by atoms with Crippen LogP contribution in [0.2, 0.25) is 0 Å². The van der Waals surface area contributed by atoms with Crippen molar-refractivity contribution >= 4 is 47.3 Å². The van der Waals surface area contributed by atoms with Crippen LogP contribution in [0.5, 0.6) is 0 Å². The maximum absolute atomic E-state index is 12.6. The van der Waals surface area contributed by atoms with Crippen molar-refractivity contribution < 1.29 is 57.6 Å². The number of rotatable bonds is 25. The molecule has 0 aliphatic heterocycles. The maximum Gasteiger partial charge on any atom is 0.508 e. The fourth-order valence-electron chi connectivity index (χ4n) is 3.22. The highest BCUT2D eigenvalue weighted by Crippen LogP contribution is 2.15. The average Bonchev–Trinajstić information content (AvgIpc) is 2.92. The van der Waals surface area contributed by atoms with E-state index in [1.165, 1.54) is 11.8 Å². The van der Waals surface area contributed by atoms with Crippen LogP contribution in [-0.4, -0.2) is 104 Å². The third kappa shape index (κ3) is 20.7. The number of carbonyl (C=O) groups excluding carboxylic acids is 6. The Hall–Kier alpha value is -2.75. The van der Waals surface area contributed by atoms with E-state index in [0.717, 1.165) is 0 Å². The number of hydrogen-bond donors (Lipinski definition) is 3. The van der Waals surface area contributed by atoms with Crippen LogP contribution in [0.15, 0.2) is 0 Å². The normalized spacial score (nSPS) is 13.0. The van der Waals surface area contributed by atoms with E-state index in [1.54, 1.807) is 13.8 Å². The van der Waals surface area contributed by atoms with Gasteiger partial charge in [0.1, 0.15) is 17.7 Å². The largest absolute Gasteiger partial charge is 0.508 e. The molecule has 3 atom stereocenters. The van der Waals surface area contributed by atoms with Crippen molar-refractivity contribution in [2.45, 2.75) is 70.9 Å². The molecule has 0 saturated heterocycles. The number of aliphatic hydroxyl groups excluding tert-OH is 1. The summed E-state index contributed by atoms with van der Waals surface area (Å²) >= 11 is 1.24. The summed E-state index contributed by atoms with van der Waals surface area (Å²) in [7, 11) is 0. The Kier molecular flexibility index (Phi) is 22.3. The number of thioether (sulfide) groups is 1. The molecule has 0 heterocycles. The van der Waals surface area contributed by atoms with Gasteiger partial charge in [0.2, 0.25) is 5.91 Å². The standard InChI is InChI=1S/C26H44N2O12S/c1-3-37-25(34)39-13-10-20(40-26(35)38-4-2)16-41-17-21(27)23(32)14-18(15-29)22(31)6-5-11-36-12-9-19(30)7-8-24(28)33/h18,20-21,29H,3-17,27H2,1-2H3,(H2,28,33). The summed E-state index contributed by atoms with van der Waals surface area (Å²) in [5.74, 6) is -1.87. The first-order valence-corrected chi connectivity index (χ1v) is 14.7. The lowest BCUT2D eigenvalue weighted by Crippen LogP contribution is -2.36. The van der Waals surface area contributed by atoms with E-state index < -0.39 is 48.7 Å². The topological polar surface area (TPSA) is 221 Å². The molecule has 0 rings (SSSR count). The molecule has 0 aromatic heterocycles. The Bertz CT molecular complexity index is 826. The SMILES string of the molecule is CCOC(=O)OCCC(CSCC(N)C(=O)CC(CO)C(=O)CCCOCCC(=O)CCC(N)=O)OC(=O)OCC. The molecule has 3 unspecified atom stereocenters. The van der Waals surface area contributed by atoms with Gasteiger partial charge < -0.3 is 40.3 Å². The van der Waals surface area contributed by atoms with Crippen molar-refractivity contribution in [1.82, 2.24) is 0 Å². The molecule has 14 nitrogen and oxygen atoms in total. The summed E-state index contributed by atoms with van der Waals surface area (Å²) in [4.78, 5) is 70.3. The number of aliphatic hydroxyl groups is 1. The maximum atomic E-state index is 12.6. The molecular weight excluding hydrogens is 564 g/mol. The fraction of sp³-hybridized carbons (Fsp3) is 0.769. The number of nitrogens with two attached hydrogens (primary N) is 2. The number of Topliss-reactive ketones (excluding diaryl/α,β-unsaturated/α-hetero) is 3. The van der Waals surface area contributed by atoms with Crippen LogP contribution in [0, 0.1) is 5.92 Å². The van der Waals surface area contributed by atoms with Gasteiger partial charge in [0, 0.05) is 62.6 Å². The Labute approximate surface area is 244 Å². The van der Waals surface area contributed by atoms with Crippen molar-refractivity contribution in [3.63, 3.8) is 0 Å². The van der Waals surface area contributed by atoms with Crippen LogP contribution in [0.25, 0.3) is 0 Å². The fourth-order valence-corrected chi connectivity index (χ4v) is 4.29. The molecule has 15 heteroatoms. The van der Waals surface area contributed by atoms with E-state index in [-0.39, 0.29) is 94.6 Å². The molecule has 0 saturated carbocycles. The van der Waals surface area contributed by atoms with Gasteiger partial charge in [-0.2, -0.15) is 11.8 Å². The summed E-state index contributed by atoms with van der Waals surface area (Å²) < 4.78 is 24.9. The lowest BCUT2D eigenvalue weighted by Gasteiger charge is -2.19. The van der Waals surface area contributed by atoms with E-state index in [9.17, 15) is 33.9 Å². The third-order valence-electron chi connectivity index (χ3n) is 5.47. The van der Waals surface area contributed by atoms with Crippen LogP contribution in [0.3, 0.4) is 0 Å². The van der Waals surface area contributed by atoms with Crippen LogP contribution < -0.4 is 11.5 Å². The molecule has 0 spiro atoms. The second kappa shape index (κ2) is 23.9. The lowest BCUT2D eigenvalue weighted by atomic mass is 9.93. The van der Waals surface area contributed by atoms with Crippen LogP contribution in [0.1, 0.15) is 58.8 Å². The Balaban J connectivity index is 4.45. The van der Waals surface area contributed by atoms with Gasteiger partial charge in [0.05, 0.1) is 39.1 Å². The second-order valence-corrected chi connectivity index (χ2v) is 9.95. The van der Waals surface area contributed by atoms with Gasteiger partial charge in [-0.25, -0.2) is 9.59 Å². The van der Waals surface area contributed by atoms with Gasteiger partial charge in [0.25, 0.3) is 0 Å². The predicted octanol–water partition coefficient (Wildman–Crippen LogP) is 1.31. The van der Waals surface area contributed by atoms with Crippen LogP contribution in [-0.2, 0) is 42.9 Å². The Morgan fingerprint density at radius 3 is 2.12 bits per heavy atom. The van der Waals surface area contributed by atoms with Crippen molar-refractivity contribution in [2.24, 2.45) is 17.4 Å². The Morgan fingerprint density at radius 1 is 0.805 bits per heavy atom. The monoisotopic (exact) mass is 608 g/mol. The first-order valence-electron chi connectivity index (χ1n) is 13.5. The molecular formula is C26H44N2O12S. The number of carbonyl (C=O) groups is 6. The van der Waals surface area contributed by atoms with E-state index in [2.05, 4.69) is 4.74 Å². The molecule has 41 heavy (non-hydrogen) atoms. The lowest BCUT2D eigenvalue weighted by molar-refractivity contribution is -0.129. The van der Waals surface area contributed by atoms with E-state index >= 15 is 0 Å². The summed E-state index contributed by atoms with van der Waals surface area (Å²) in [5, 5.41) is 9.62. The third-order valence-corrected chi connectivity index (χ3v) is 6.67. The van der Waals surface area contributed by atoms with Crippen molar-refractivity contribution in [1.29, 1.82) is 0 Å². The quantitative estimate of drug-likeness (QED) is 0.0982. The van der Waals surface area contributed by atoms with Crippen molar-refractivity contribution in [3.05, 3.63) is 0 Å². The zero-order chi connectivity index (χ0) is 31.0. The second-order valence-electron chi connectivity index (χ2n) is 8.87. The number of primary amides is 1. The summed E-state index contributed by atoms with van der Waals surface area (Å²) in [6, 6.07) is -0.920. The molecule has 0 aromatic rings. The molecule has 0 fully saturated rings. The van der Waals surface area contributed by atoms with Crippen molar-refractivity contribution in [3.8, 4) is 0 Å². The highest BCUT2D eigenvalue weighted by Gasteiger charge is 2.25. The first kappa shape index (κ1) is 38.2. The van der Waals surface area contributed by atoms with Gasteiger partial charge in [-0.05, 0) is 20.3 Å². The highest BCUT2D eigenvalue weighted by atomic mass is 32.2. The summed E-state index contributed by atoms with van der Waals surface area (Å²) in [6.07, 6.45) is -1.81. The summed E-state index contributed by atoms with van der Waals surface area (Å²) in [5.41, 5.74) is 11.0. The molecule has 0 aromatic carbocycles. The minimum atomic E-state index is -0.920. The highest BCUT2D eigenvalue weighted by molar-refractivity contribution is 7.99. The van der Waals surface area contributed by atoms with Gasteiger partial charge >= 0.3 is 12.3 Å². The molecule has 0 bridgehead atoms. The van der Waals surface area contributed by atoms with Crippen molar-refractivity contribution in [2.75, 3.05) is 51.1 Å². The number of amides is 1. The van der Waals surface area contributed by atoms with Gasteiger partial charge in [-0.3, -0.25) is 19.2 Å². The number of ether oxygens (including phenoxy) is 5. The first-order chi connectivity index (χ1) is 19.5. The van der Waals surface area contributed by atoms with Crippen LogP contribution in [0.4, 0.5) is 9.59 Å². The van der Waals surface area contributed by atoms with E-state index in [1.807, 2.05) is 0 Å². The average molecular weight is 609 g/mol. The van der Waals surface area contributed by atoms with Crippen LogP contribution >= 0.6 is 11.8 Å². The molecule has 236 valence electrons. The van der Waals surface area contributed by atoms with Gasteiger partial charge in [0.15, 0.2) is 5.78 Å². The number of hydrogen-bond acceptors (Lipinski definition) is 14. The smallest absolute Gasteiger partial charge is 0.435 e. The van der Waals surface area contributed by atoms with Gasteiger partial charge in [-0.15, -0.1) is 0 Å². The molecule has 0 aliphatic rings. The van der Waals surface area contributed by atoms with E-state index in [4.69, 9.17) is 30.4 Å². The minimum Gasteiger partial charge on any atom is -0.435 e. The molecule has 5 N–H and O–H groups in total. The minimum absolute atomic E-state index is 0.00461.